The molecule has 0 spiro atoms. The number of nitrogens with one attached hydrogen (secondary N) is 1. The summed E-state index contributed by atoms with van der Waals surface area (Å²) >= 11 is 0. The lowest BCUT2D eigenvalue weighted by molar-refractivity contribution is -0.122. The van der Waals surface area contributed by atoms with Crippen molar-refractivity contribution in [3.05, 3.63) is 71.5 Å². The van der Waals surface area contributed by atoms with Crippen LogP contribution in [0.5, 0.6) is 0 Å². The molecule has 1 aliphatic carbocycles. The molecule has 0 aliphatic heterocycles. The molecule has 4 heteroatoms. The summed E-state index contributed by atoms with van der Waals surface area (Å²) in [5.41, 5.74) is 1.92. The van der Waals surface area contributed by atoms with Crippen molar-refractivity contribution in [3.63, 3.8) is 0 Å². The summed E-state index contributed by atoms with van der Waals surface area (Å²) in [4.78, 5) is 14.6. The molecular formula is C21H25FN2O. The molecule has 2 aromatic rings. The highest BCUT2D eigenvalue weighted by molar-refractivity contribution is 5.82. The maximum absolute atomic E-state index is 13.8. The van der Waals surface area contributed by atoms with Crippen LogP contribution >= 0.6 is 0 Å². The van der Waals surface area contributed by atoms with E-state index in [0.29, 0.717) is 12.1 Å². The van der Waals surface area contributed by atoms with Gasteiger partial charge in [0.25, 0.3) is 0 Å². The zero-order valence-corrected chi connectivity index (χ0v) is 14.8. The number of rotatable bonds is 7. The molecule has 25 heavy (non-hydrogen) atoms. The Morgan fingerprint density at radius 3 is 2.52 bits per heavy atom. The standard InChI is InChI=1S/C21H25FN2O/c1-24(2)16(12-15-8-4-3-5-9-15)14-23-21(25)19-13-18(19)17-10-6-7-11-20(17)22/h3-11,16,18-19H,12-14H2,1-2H3,(H,23,25). The van der Waals surface area contributed by atoms with E-state index in [-0.39, 0.29) is 29.6 Å². The fourth-order valence-electron chi connectivity index (χ4n) is 3.28. The predicted molar refractivity (Wildman–Crippen MR) is 97.9 cm³/mol. The van der Waals surface area contributed by atoms with E-state index in [1.165, 1.54) is 11.6 Å². The highest BCUT2D eigenvalue weighted by atomic mass is 19.1. The van der Waals surface area contributed by atoms with Crippen LogP contribution in [0.1, 0.15) is 23.5 Å². The molecule has 3 atom stereocenters. The molecule has 0 radical (unpaired) electrons. The van der Waals surface area contributed by atoms with Crippen LogP contribution in [0.3, 0.4) is 0 Å². The van der Waals surface area contributed by atoms with Crippen LogP contribution < -0.4 is 5.32 Å². The second-order valence-electron chi connectivity index (χ2n) is 7.02. The summed E-state index contributed by atoms with van der Waals surface area (Å²) in [6, 6.07) is 17.3. The number of amides is 1. The van der Waals surface area contributed by atoms with Gasteiger partial charge in [-0.2, -0.15) is 0 Å². The van der Waals surface area contributed by atoms with E-state index in [1.807, 2.05) is 38.4 Å². The number of benzene rings is 2. The van der Waals surface area contributed by atoms with Crippen molar-refractivity contribution in [1.29, 1.82) is 0 Å². The van der Waals surface area contributed by atoms with E-state index in [2.05, 4.69) is 22.3 Å². The number of nitrogens with zero attached hydrogens (tertiary/aromatic N) is 1. The minimum atomic E-state index is -0.210. The molecule has 2 aromatic carbocycles. The van der Waals surface area contributed by atoms with Crippen LogP contribution in [-0.2, 0) is 11.2 Å². The Morgan fingerprint density at radius 1 is 1.16 bits per heavy atom. The lowest BCUT2D eigenvalue weighted by Gasteiger charge is -2.25. The van der Waals surface area contributed by atoms with Gasteiger partial charge in [0, 0.05) is 18.5 Å². The average molecular weight is 340 g/mol. The van der Waals surface area contributed by atoms with Gasteiger partial charge in [-0.3, -0.25) is 4.79 Å². The topological polar surface area (TPSA) is 32.3 Å². The summed E-state index contributed by atoms with van der Waals surface area (Å²) in [5, 5.41) is 3.06. The third-order valence-corrected chi connectivity index (χ3v) is 4.99. The van der Waals surface area contributed by atoms with Crippen molar-refractivity contribution >= 4 is 5.91 Å². The normalized spacial score (nSPS) is 20.3. The SMILES string of the molecule is CN(C)C(CNC(=O)C1CC1c1ccccc1F)Cc1ccccc1. The van der Waals surface area contributed by atoms with Gasteiger partial charge in [0.05, 0.1) is 0 Å². The molecule has 3 nitrogen and oxygen atoms in total. The fraction of sp³-hybridized carbons (Fsp3) is 0.381. The molecule has 0 heterocycles. The highest BCUT2D eigenvalue weighted by Gasteiger charge is 2.45. The monoisotopic (exact) mass is 340 g/mol. The minimum absolute atomic E-state index is 0.0214. The van der Waals surface area contributed by atoms with Crippen LogP contribution in [-0.4, -0.2) is 37.5 Å². The van der Waals surface area contributed by atoms with E-state index < -0.39 is 0 Å². The number of halogens is 1. The van der Waals surface area contributed by atoms with Crippen molar-refractivity contribution in [2.45, 2.75) is 24.8 Å². The van der Waals surface area contributed by atoms with E-state index in [0.717, 1.165) is 12.8 Å². The Labute approximate surface area is 148 Å². The van der Waals surface area contributed by atoms with Crippen molar-refractivity contribution in [1.82, 2.24) is 10.2 Å². The molecule has 3 unspecified atom stereocenters. The summed E-state index contributed by atoms with van der Waals surface area (Å²) in [7, 11) is 4.05. The summed E-state index contributed by atoms with van der Waals surface area (Å²) < 4.78 is 13.8. The molecule has 3 rings (SSSR count). The molecule has 0 bridgehead atoms. The lowest BCUT2D eigenvalue weighted by atomic mass is 10.0. The lowest BCUT2D eigenvalue weighted by Crippen LogP contribution is -2.42. The van der Waals surface area contributed by atoms with Gasteiger partial charge in [0.1, 0.15) is 5.82 Å². The molecule has 0 saturated heterocycles. The molecule has 1 saturated carbocycles. The molecule has 1 amide bonds. The van der Waals surface area contributed by atoms with Gasteiger partial charge in [-0.25, -0.2) is 4.39 Å². The predicted octanol–water partition coefficient (Wildman–Crippen LogP) is 3.22. The van der Waals surface area contributed by atoms with Crippen molar-refractivity contribution in [3.8, 4) is 0 Å². The summed E-state index contributed by atoms with van der Waals surface area (Å²) in [6.45, 7) is 0.598. The third-order valence-electron chi connectivity index (χ3n) is 4.99. The van der Waals surface area contributed by atoms with Crippen molar-refractivity contribution < 1.29 is 9.18 Å². The fourth-order valence-corrected chi connectivity index (χ4v) is 3.28. The first-order valence-electron chi connectivity index (χ1n) is 8.78. The van der Waals surface area contributed by atoms with Crippen LogP contribution in [0.25, 0.3) is 0 Å². The molecule has 132 valence electrons. The molecule has 0 aromatic heterocycles. The Balaban J connectivity index is 1.53. The van der Waals surface area contributed by atoms with Gasteiger partial charge < -0.3 is 10.2 Å². The largest absolute Gasteiger partial charge is 0.354 e. The quantitative estimate of drug-likeness (QED) is 0.839. The van der Waals surface area contributed by atoms with Crippen LogP contribution in [0.2, 0.25) is 0 Å². The Hall–Kier alpha value is -2.20. The van der Waals surface area contributed by atoms with Crippen LogP contribution in [0.15, 0.2) is 54.6 Å². The number of hydrogen-bond donors (Lipinski definition) is 1. The maximum Gasteiger partial charge on any atom is 0.223 e. The molecule has 1 N–H and O–H groups in total. The van der Waals surface area contributed by atoms with Crippen molar-refractivity contribution in [2.75, 3.05) is 20.6 Å². The molecule has 1 aliphatic rings. The second-order valence-corrected chi connectivity index (χ2v) is 7.02. The third kappa shape index (κ3) is 4.45. The van der Waals surface area contributed by atoms with Gasteiger partial charge in [0.15, 0.2) is 0 Å². The molecule has 1 fully saturated rings. The summed E-state index contributed by atoms with van der Waals surface area (Å²) in [6.07, 6.45) is 1.62. The maximum atomic E-state index is 13.8. The average Bonchev–Trinajstić information content (AvgIpc) is 3.40. The zero-order valence-electron chi connectivity index (χ0n) is 14.8. The number of carbonyl (C=O) groups excluding carboxylic acids is 1. The van der Waals surface area contributed by atoms with Crippen LogP contribution in [0, 0.1) is 11.7 Å². The first-order valence-corrected chi connectivity index (χ1v) is 8.78. The van der Waals surface area contributed by atoms with Gasteiger partial charge in [-0.05, 0) is 50.0 Å². The highest BCUT2D eigenvalue weighted by Crippen LogP contribution is 2.48. The minimum Gasteiger partial charge on any atom is -0.354 e. The van der Waals surface area contributed by atoms with E-state index in [1.54, 1.807) is 12.1 Å². The first-order chi connectivity index (χ1) is 12.1. The van der Waals surface area contributed by atoms with E-state index >= 15 is 0 Å². The molecular weight excluding hydrogens is 315 g/mol. The van der Waals surface area contributed by atoms with E-state index in [9.17, 15) is 9.18 Å². The van der Waals surface area contributed by atoms with Crippen LogP contribution in [0.4, 0.5) is 4.39 Å². The second kappa shape index (κ2) is 7.79. The Kier molecular flexibility index (Phi) is 5.49. The summed E-state index contributed by atoms with van der Waals surface area (Å²) in [5.74, 6) is -0.254. The Morgan fingerprint density at radius 2 is 1.84 bits per heavy atom. The van der Waals surface area contributed by atoms with Gasteiger partial charge in [-0.1, -0.05) is 48.5 Å². The van der Waals surface area contributed by atoms with Gasteiger partial charge >= 0.3 is 0 Å². The van der Waals surface area contributed by atoms with Gasteiger partial charge in [-0.15, -0.1) is 0 Å². The number of hydrogen-bond acceptors (Lipinski definition) is 2. The van der Waals surface area contributed by atoms with Gasteiger partial charge in [0.2, 0.25) is 5.91 Å². The van der Waals surface area contributed by atoms with Crippen molar-refractivity contribution in [2.24, 2.45) is 5.92 Å². The smallest absolute Gasteiger partial charge is 0.223 e. The number of carbonyl (C=O) groups is 1. The first kappa shape index (κ1) is 17.6. The Bertz CT molecular complexity index is 717. The number of likely N-dealkylation sites (N-methyl/N-ethyl adjacent to an activating group) is 1. The zero-order chi connectivity index (χ0) is 17.8. The van der Waals surface area contributed by atoms with E-state index in [4.69, 9.17) is 0 Å².